The number of amides is 1. The molecule has 0 saturated carbocycles. The smallest absolute Gasteiger partial charge is 0.262 e. The molecule has 0 bridgehead atoms. The first-order valence-electron chi connectivity index (χ1n) is 7.08. The van der Waals surface area contributed by atoms with E-state index >= 15 is 0 Å². The van der Waals surface area contributed by atoms with E-state index in [2.05, 4.69) is 5.32 Å². The molecule has 23 heavy (non-hydrogen) atoms. The summed E-state index contributed by atoms with van der Waals surface area (Å²) in [5, 5.41) is 2.81. The van der Waals surface area contributed by atoms with E-state index in [0.717, 1.165) is 11.8 Å². The molecule has 0 heterocycles. The second-order valence-corrected chi connectivity index (χ2v) is 5.51. The van der Waals surface area contributed by atoms with E-state index in [1.807, 2.05) is 13.8 Å². The maximum absolute atomic E-state index is 12.9. The molecule has 6 heteroatoms. The molecule has 0 aromatic heterocycles. The number of carbonyl (C=O) groups is 1. The molecule has 122 valence electrons. The average Bonchev–Trinajstić information content (AvgIpc) is 2.48. The van der Waals surface area contributed by atoms with Crippen LogP contribution in [0.2, 0.25) is 5.02 Å². The molecule has 0 atom stereocenters. The first-order valence-corrected chi connectivity index (χ1v) is 7.46. The Morgan fingerprint density at radius 2 is 1.91 bits per heavy atom. The minimum absolute atomic E-state index is 0.0873. The number of nitrogens with one attached hydrogen (secondary N) is 1. The van der Waals surface area contributed by atoms with Crippen molar-refractivity contribution in [2.24, 2.45) is 0 Å². The van der Waals surface area contributed by atoms with Gasteiger partial charge in [0.1, 0.15) is 17.3 Å². The number of hydrogen-bond donors (Lipinski definition) is 1. The summed E-state index contributed by atoms with van der Waals surface area (Å²) in [6, 6.07) is 10.7. The molecular formula is C17H17ClFNO3. The minimum atomic E-state index is -0.462. The van der Waals surface area contributed by atoms with Gasteiger partial charge in [-0.05, 0) is 56.3 Å². The van der Waals surface area contributed by atoms with Crippen LogP contribution in [-0.4, -0.2) is 18.6 Å². The van der Waals surface area contributed by atoms with Crippen LogP contribution in [-0.2, 0) is 4.79 Å². The van der Waals surface area contributed by atoms with Gasteiger partial charge in [-0.15, -0.1) is 0 Å². The predicted molar refractivity (Wildman–Crippen MR) is 87.7 cm³/mol. The van der Waals surface area contributed by atoms with Crippen molar-refractivity contribution >= 4 is 23.2 Å². The third kappa shape index (κ3) is 5.45. The Morgan fingerprint density at radius 3 is 2.52 bits per heavy atom. The van der Waals surface area contributed by atoms with Crippen LogP contribution in [0, 0.1) is 5.82 Å². The van der Waals surface area contributed by atoms with Crippen molar-refractivity contribution in [2.45, 2.75) is 20.0 Å². The zero-order chi connectivity index (χ0) is 16.8. The summed E-state index contributed by atoms with van der Waals surface area (Å²) >= 11 is 5.82. The van der Waals surface area contributed by atoms with Crippen molar-refractivity contribution in [2.75, 3.05) is 11.9 Å². The normalized spacial score (nSPS) is 10.5. The largest absolute Gasteiger partial charge is 0.491 e. The van der Waals surface area contributed by atoms with Gasteiger partial charge in [0.05, 0.1) is 11.1 Å². The summed E-state index contributed by atoms with van der Waals surface area (Å²) in [5.74, 6) is 0.176. The number of ether oxygens (including phenoxy) is 2. The maximum atomic E-state index is 12.9. The Bertz CT molecular complexity index is 674. The van der Waals surface area contributed by atoms with Gasteiger partial charge < -0.3 is 14.8 Å². The number of benzene rings is 2. The summed E-state index contributed by atoms with van der Waals surface area (Å²) in [6.45, 7) is 3.65. The lowest BCUT2D eigenvalue weighted by Gasteiger charge is -2.11. The molecule has 0 aliphatic heterocycles. The monoisotopic (exact) mass is 337 g/mol. The molecule has 2 aromatic carbocycles. The quantitative estimate of drug-likeness (QED) is 0.855. The lowest BCUT2D eigenvalue weighted by atomic mass is 10.3. The third-order valence-corrected chi connectivity index (χ3v) is 3.06. The van der Waals surface area contributed by atoms with Crippen molar-refractivity contribution in [3.63, 3.8) is 0 Å². The number of rotatable bonds is 6. The average molecular weight is 338 g/mol. The van der Waals surface area contributed by atoms with E-state index in [9.17, 15) is 9.18 Å². The lowest BCUT2D eigenvalue weighted by Crippen LogP contribution is -2.20. The van der Waals surface area contributed by atoms with E-state index in [1.54, 1.807) is 24.3 Å². The first kappa shape index (κ1) is 17.1. The summed E-state index contributed by atoms with van der Waals surface area (Å²) < 4.78 is 23.7. The van der Waals surface area contributed by atoms with Gasteiger partial charge in [0.2, 0.25) is 0 Å². The van der Waals surface area contributed by atoms with Gasteiger partial charge in [-0.25, -0.2) is 4.39 Å². The summed E-state index contributed by atoms with van der Waals surface area (Å²) in [4.78, 5) is 11.8. The van der Waals surface area contributed by atoms with E-state index in [0.29, 0.717) is 5.69 Å². The van der Waals surface area contributed by atoms with Crippen LogP contribution < -0.4 is 14.8 Å². The van der Waals surface area contributed by atoms with Crippen LogP contribution in [0.1, 0.15) is 13.8 Å². The highest BCUT2D eigenvalue weighted by Gasteiger charge is 2.07. The highest BCUT2D eigenvalue weighted by atomic mass is 35.5. The number of hydrogen-bond acceptors (Lipinski definition) is 3. The Kier molecular flexibility index (Phi) is 5.82. The number of carbonyl (C=O) groups excluding carboxylic acids is 1. The van der Waals surface area contributed by atoms with Gasteiger partial charge in [0.25, 0.3) is 5.91 Å². The van der Waals surface area contributed by atoms with Crippen molar-refractivity contribution < 1.29 is 18.7 Å². The second-order valence-electron chi connectivity index (χ2n) is 5.10. The fraction of sp³-hybridized carbons (Fsp3) is 0.235. The van der Waals surface area contributed by atoms with Crippen molar-refractivity contribution in [1.82, 2.24) is 0 Å². The fourth-order valence-corrected chi connectivity index (χ4v) is 2.04. The molecule has 2 rings (SSSR count). The molecule has 0 aliphatic carbocycles. The van der Waals surface area contributed by atoms with Crippen LogP contribution in [0.25, 0.3) is 0 Å². The molecule has 2 aromatic rings. The summed E-state index contributed by atoms with van der Waals surface area (Å²) in [5.41, 5.74) is 0.625. The maximum Gasteiger partial charge on any atom is 0.262 e. The zero-order valence-electron chi connectivity index (χ0n) is 12.8. The highest BCUT2D eigenvalue weighted by molar-refractivity contribution is 6.32. The fourth-order valence-electron chi connectivity index (χ4n) is 1.82. The van der Waals surface area contributed by atoms with Gasteiger partial charge in [-0.3, -0.25) is 4.79 Å². The summed E-state index contributed by atoms with van der Waals surface area (Å²) in [6.07, 6.45) is 0.0873. The van der Waals surface area contributed by atoms with Gasteiger partial charge in [0.15, 0.2) is 6.61 Å². The topological polar surface area (TPSA) is 47.6 Å². The Labute approximate surface area is 139 Å². The Hall–Kier alpha value is -2.27. The minimum Gasteiger partial charge on any atom is -0.491 e. The molecule has 0 spiro atoms. The van der Waals surface area contributed by atoms with Crippen LogP contribution in [0.3, 0.4) is 0 Å². The molecule has 0 aliphatic rings. The van der Waals surface area contributed by atoms with Crippen LogP contribution in [0.15, 0.2) is 42.5 Å². The Balaban J connectivity index is 1.87. The molecule has 1 amide bonds. The number of halogens is 2. The highest BCUT2D eigenvalue weighted by Crippen LogP contribution is 2.24. The van der Waals surface area contributed by atoms with Gasteiger partial charge >= 0.3 is 0 Å². The van der Waals surface area contributed by atoms with Crippen molar-refractivity contribution in [3.8, 4) is 11.5 Å². The molecule has 0 radical (unpaired) electrons. The van der Waals surface area contributed by atoms with Crippen molar-refractivity contribution in [1.29, 1.82) is 0 Å². The second kappa shape index (κ2) is 7.83. The Morgan fingerprint density at radius 1 is 1.22 bits per heavy atom. The van der Waals surface area contributed by atoms with E-state index in [4.69, 9.17) is 21.1 Å². The van der Waals surface area contributed by atoms with Crippen LogP contribution in [0.5, 0.6) is 11.5 Å². The van der Waals surface area contributed by atoms with E-state index in [-0.39, 0.29) is 29.4 Å². The van der Waals surface area contributed by atoms with Crippen LogP contribution in [0.4, 0.5) is 10.1 Å². The van der Waals surface area contributed by atoms with Gasteiger partial charge in [0, 0.05) is 5.69 Å². The molecule has 0 unspecified atom stereocenters. The molecule has 0 saturated heterocycles. The first-order chi connectivity index (χ1) is 10.9. The van der Waals surface area contributed by atoms with Crippen LogP contribution >= 0.6 is 11.6 Å². The zero-order valence-corrected chi connectivity index (χ0v) is 13.6. The predicted octanol–water partition coefficient (Wildman–Crippen LogP) is 4.28. The molecule has 4 nitrogen and oxygen atoms in total. The van der Waals surface area contributed by atoms with Crippen molar-refractivity contribution in [3.05, 3.63) is 53.3 Å². The molecule has 1 N–H and O–H groups in total. The van der Waals surface area contributed by atoms with Gasteiger partial charge in [-0.1, -0.05) is 11.6 Å². The number of anilines is 1. The SMILES string of the molecule is CC(C)Oc1ccc(NC(=O)COc2ccc(F)cc2Cl)cc1. The molecule has 0 fully saturated rings. The van der Waals surface area contributed by atoms with Gasteiger partial charge in [-0.2, -0.15) is 0 Å². The standard InChI is InChI=1S/C17H17ClFNO3/c1-11(2)23-14-6-4-13(5-7-14)20-17(21)10-22-16-8-3-12(19)9-15(16)18/h3-9,11H,10H2,1-2H3,(H,20,21). The molecular weight excluding hydrogens is 321 g/mol. The lowest BCUT2D eigenvalue weighted by molar-refractivity contribution is -0.118. The van der Waals surface area contributed by atoms with E-state index in [1.165, 1.54) is 12.1 Å². The third-order valence-electron chi connectivity index (χ3n) is 2.76. The summed E-state index contributed by atoms with van der Waals surface area (Å²) in [7, 11) is 0. The van der Waals surface area contributed by atoms with E-state index < -0.39 is 5.82 Å².